The first-order chi connectivity index (χ1) is 15.0. The number of methoxy groups -OCH3 is 1. The van der Waals surface area contributed by atoms with Crippen LogP contribution in [0, 0.1) is 5.82 Å². The number of aromatic nitrogens is 3. The number of anilines is 1. The maximum absolute atomic E-state index is 13.5. The molecule has 1 amide bonds. The predicted molar refractivity (Wildman–Crippen MR) is 111 cm³/mol. The van der Waals surface area contributed by atoms with Crippen molar-refractivity contribution in [2.24, 2.45) is 0 Å². The van der Waals surface area contributed by atoms with Crippen molar-refractivity contribution < 1.29 is 18.4 Å². The van der Waals surface area contributed by atoms with Gasteiger partial charge in [0.1, 0.15) is 23.8 Å². The van der Waals surface area contributed by atoms with Gasteiger partial charge in [0, 0.05) is 17.3 Å². The van der Waals surface area contributed by atoms with Crippen molar-refractivity contribution in [1.82, 2.24) is 14.7 Å². The van der Waals surface area contributed by atoms with Gasteiger partial charge in [-0.1, -0.05) is 23.4 Å². The highest BCUT2D eigenvalue weighted by atomic mass is 19.1. The van der Waals surface area contributed by atoms with Gasteiger partial charge in [0.05, 0.1) is 7.11 Å². The van der Waals surface area contributed by atoms with E-state index in [-0.39, 0.29) is 24.0 Å². The molecule has 2 aromatic heterocycles. The second-order valence-electron chi connectivity index (χ2n) is 6.55. The Hall–Kier alpha value is -4.27. The molecule has 4 rings (SSSR count). The monoisotopic (exact) mass is 420 g/mol. The quantitative estimate of drug-likeness (QED) is 0.514. The highest BCUT2D eigenvalue weighted by Crippen LogP contribution is 2.22. The summed E-state index contributed by atoms with van der Waals surface area (Å²) in [6.07, 6.45) is 0. The van der Waals surface area contributed by atoms with Gasteiger partial charge in [0.25, 0.3) is 11.4 Å². The molecule has 0 saturated carbocycles. The molecule has 0 fully saturated rings. The normalized spacial score (nSPS) is 10.6. The van der Waals surface area contributed by atoms with Crippen molar-refractivity contribution in [2.45, 2.75) is 6.54 Å². The lowest BCUT2D eigenvalue weighted by Crippen LogP contribution is -2.28. The summed E-state index contributed by atoms with van der Waals surface area (Å²) >= 11 is 0. The molecule has 1 N–H and O–H groups in total. The number of carbonyl (C=O) groups excluding carboxylic acids is 1. The van der Waals surface area contributed by atoms with E-state index in [1.165, 1.54) is 34.9 Å². The Labute approximate surface area is 175 Å². The first-order valence-electron chi connectivity index (χ1n) is 9.27. The zero-order valence-electron chi connectivity index (χ0n) is 16.4. The fraction of sp³-hybridized carbons (Fsp3) is 0.0909. The largest absolute Gasteiger partial charge is 0.497 e. The number of benzene rings is 2. The molecule has 156 valence electrons. The van der Waals surface area contributed by atoms with Crippen molar-refractivity contribution in [3.8, 4) is 28.7 Å². The van der Waals surface area contributed by atoms with Gasteiger partial charge in [-0.25, -0.2) is 4.39 Å². The molecule has 2 aromatic carbocycles. The minimum absolute atomic E-state index is 0.0363. The molecule has 0 aliphatic rings. The summed E-state index contributed by atoms with van der Waals surface area (Å²) in [5.41, 5.74) is 0.847. The molecule has 0 spiro atoms. The summed E-state index contributed by atoms with van der Waals surface area (Å²) < 4.78 is 25.1. The Bertz CT molecular complexity index is 1280. The maximum Gasteiger partial charge on any atom is 0.274 e. The number of amides is 1. The number of ether oxygens (including phenoxy) is 1. The molecule has 0 unspecified atom stereocenters. The number of rotatable bonds is 6. The molecule has 9 heteroatoms. The van der Waals surface area contributed by atoms with E-state index in [0.717, 1.165) is 0 Å². The summed E-state index contributed by atoms with van der Waals surface area (Å²) in [7, 11) is 1.55. The number of nitrogens with one attached hydrogen (secondary N) is 1. The van der Waals surface area contributed by atoms with Crippen molar-refractivity contribution in [3.63, 3.8) is 0 Å². The van der Waals surface area contributed by atoms with E-state index in [9.17, 15) is 14.0 Å². The van der Waals surface area contributed by atoms with Crippen LogP contribution < -0.4 is 15.6 Å². The van der Waals surface area contributed by atoms with Crippen LogP contribution in [0.25, 0.3) is 23.0 Å². The SMILES string of the molecule is COc1ccc(NC(=O)Cn2c(-c3nc(-c4cccc(F)c4)no3)cccc2=O)cc1. The Balaban J connectivity index is 1.59. The second kappa shape index (κ2) is 8.62. The van der Waals surface area contributed by atoms with Gasteiger partial charge in [-0.3, -0.25) is 14.2 Å². The third kappa shape index (κ3) is 4.50. The molecule has 8 nitrogen and oxygen atoms in total. The van der Waals surface area contributed by atoms with Gasteiger partial charge in [0.2, 0.25) is 11.7 Å². The fourth-order valence-electron chi connectivity index (χ4n) is 2.96. The van der Waals surface area contributed by atoms with E-state index < -0.39 is 17.3 Å². The van der Waals surface area contributed by atoms with E-state index in [4.69, 9.17) is 9.26 Å². The van der Waals surface area contributed by atoms with Crippen LogP contribution in [0.5, 0.6) is 5.75 Å². The van der Waals surface area contributed by atoms with Crippen molar-refractivity contribution >= 4 is 11.6 Å². The zero-order chi connectivity index (χ0) is 21.8. The summed E-state index contributed by atoms with van der Waals surface area (Å²) in [5, 5.41) is 6.58. The second-order valence-corrected chi connectivity index (χ2v) is 6.55. The van der Waals surface area contributed by atoms with E-state index in [1.54, 1.807) is 43.5 Å². The average Bonchev–Trinajstić information content (AvgIpc) is 3.26. The van der Waals surface area contributed by atoms with Crippen LogP contribution in [0.1, 0.15) is 0 Å². The summed E-state index contributed by atoms with van der Waals surface area (Å²) in [5.74, 6) is 0.0135. The maximum atomic E-state index is 13.5. The predicted octanol–water partition coefficient (Wildman–Crippen LogP) is 3.35. The molecule has 0 aliphatic carbocycles. The molecule has 0 radical (unpaired) electrons. The number of carbonyl (C=O) groups is 1. The van der Waals surface area contributed by atoms with Crippen LogP contribution in [0.15, 0.2) is 76.0 Å². The highest BCUT2D eigenvalue weighted by molar-refractivity contribution is 5.90. The first kappa shape index (κ1) is 20.0. The zero-order valence-corrected chi connectivity index (χ0v) is 16.4. The van der Waals surface area contributed by atoms with E-state index in [2.05, 4.69) is 15.5 Å². The van der Waals surface area contributed by atoms with Crippen LogP contribution in [0.3, 0.4) is 0 Å². The topological polar surface area (TPSA) is 99.2 Å². The Morgan fingerprint density at radius 3 is 2.65 bits per heavy atom. The van der Waals surface area contributed by atoms with E-state index in [1.807, 2.05) is 0 Å². The number of pyridine rings is 1. The Kier molecular flexibility index (Phi) is 5.57. The fourth-order valence-corrected chi connectivity index (χ4v) is 2.96. The third-order valence-electron chi connectivity index (χ3n) is 4.45. The average molecular weight is 420 g/mol. The van der Waals surface area contributed by atoms with Crippen LogP contribution in [-0.2, 0) is 11.3 Å². The minimum atomic E-state index is -0.435. The van der Waals surface area contributed by atoms with Crippen LogP contribution in [0.2, 0.25) is 0 Å². The summed E-state index contributed by atoms with van der Waals surface area (Å²) in [4.78, 5) is 29.2. The number of nitrogens with zero attached hydrogens (tertiary/aromatic N) is 3. The number of halogens is 1. The van der Waals surface area contributed by atoms with Crippen LogP contribution >= 0.6 is 0 Å². The lowest BCUT2D eigenvalue weighted by molar-refractivity contribution is -0.116. The van der Waals surface area contributed by atoms with Gasteiger partial charge in [-0.05, 0) is 42.5 Å². The molecular weight excluding hydrogens is 403 g/mol. The third-order valence-corrected chi connectivity index (χ3v) is 4.45. The molecular formula is C22H17FN4O4. The van der Waals surface area contributed by atoms with E-state index >= 15 is 0 Å². The molecule has 0 saturated heterocycles. The van der Waals surface area contributed by atoms with Crippen LogP contribution in [0.4, 0.5) is 10.1 Å². The van der Waals surface area contributed by atoms with Gasteiger partial charge >= 0.3 is 0 Å². The van der Waals surface area contributed by atoms with Crippen molar-refractivity contribution in [1.29, 1.82) is 0 Å². The van der Waals surface area contributed by atoms with Gasteiger partial charge in [0.15, 0.2) is 0 Å². The first-order valence-corrected chi connectivity index (χ1v) is 9.27. The number of hydrogen-bond acceptors (Lipinski definition) is 6. The lowest BCUT2D eigenvalue weighted by atomic mass is 10.2. The number of hydrogen-bond donors (Lipinski definition) is 1. The summed E-state index contributed by atoms with van der Waals surface area (Å²) in [6, 6.07) is 17.0. The smallest absolute Gasteiger partial charge is 0.274 e. The lowest BCUT2D eigenvalue weighted by Gasteiger charge is -2.10. The Morgan fingerprint density at radius 2 is 1.90 bits per heavy atom. The van der Waals surface area contributed by atoms with Gasteiger partial charge < -0.3 is 14.6 Å². The van der Waals surface area contributed by atoms with Gasteiger partial charge in [-0.2, -0.15) is 4.98 Å². The minimum Gasteiger partial charge on any atom is -0.497 e. The van der Waals surface area contributed by atoms with Crippen molar-refractivity contribution in [2.75, 3.05) is 12.4 Å². The Morgan fingerprint density at radius 1 is 1.13 bits per heavy atom. The summed E-state index contributed by atoms with van der Waals surface area (Å²) in [6.45, 7) is -0.265. The highest BCUT2D eigenvalue weighted by Gasteiger charge is 2.17. The molecule has 0 atom stereocenters. The van der Waals surface area contributed by atoms with Crippen LogP contribution in [-0.4, -0.2) is 27.7 Å². The van der Waals surface area contributed by atoms with E-state index in [0.29, 0.717) is 17.0 Å². The molecule has 4 aromatic rings. The molecule has 0 aliphatic heterocycles. The standard InChI is InChI=1S/C22H17FN4O4/c1-30-17-10-8-16(9-11-17)24-19(28)13-27-18(6-3-7-20(27)29)22-25-21(26-31-22)14-4-2-5-15(23)12-14/h2-12H,13H2,1H3,(H,24,28). The van der Waals surface area contributed by atoms with Gasteiger partial charge in [-0.15, -0.1) is 0 Å². The molecule has 0 bridgehead atoms. The molecule has 31 heavy (non-hydrogen) atoms. The van der Waals surface area contributed by atoms with Crippen molar-refractivity contribution in [3.05, 3.63) is 82.9 Å². The molecule has 2 heterocycles.